The highest BCUT2D eigenvalue weighted by molar-refractivity contribution is 6.55. The molecular formula is C21H30BFO4. The van der Waals surface area contributed by atoms with Gasteiger partial charge < -0.3 is 19.2 Å². The molecule has 1 aliphatic carbocycles. The summed E-state index contributed by atoms with van der Waals surface area (Å²) in [5.41, 5.74) is -1.05. The molecule has 0 amide bonds. The fraction of sp³-hybridized carbons (Fsp3) is 0.619. The number of allylic oxidation sites excluding steroid dienone is 1. The fourth-order valence-corrected chi connectivity index (χ4v) is 3.46. The first kappa shape index (κ1) is 20.4. The van der Waals surface area contributed by atoms with Gasteiger partial charge in [-0.3, -0.25) is 0 Å². The van der Waals surface area contributed by atoms with Crippen LogP contribution in [-0.2, 0) is 9.31 Å². The summed E-state index contributed by atoms with van der Waals surface area (Å²) in [6.45, 7) is 9.63. The second-order valence-electron chi connectivity index (χ2n) is 8.81. The van der Waals surface area contributed by atoms with E-state index < -0.39 is 29.6 Å². The van der Waals surface area contributed by atoms with E-state index in [-0.39, 0.29) is 0 Å². The Kier molecular flexibility index (Phi) is 5.45. The molecule has 0 atom stereocenters. The quantitative estimate of drug-likeness (QED) is 0.757. The van der Waals surface area contributed by atoms with Crippen molar-refractivity contribution in [3.8, 4) is 5.75 Å². The van der Waals surface area contributed by atoms with Crippen molar-refractivity contribution in [2.75, 3.05) is 6.61 Å². The monoisotopic (exact) mass is 376 g/mol. The molecule has 1 N–H and O–H groups in total. The molecule has 4 nitrogen and oxygen atoms in total. The predicted octanol–water partition coefficient (Wildman–Crippen LogP) is 4.70. The zero-order chi connectivity index (χ0) is 19.9. The van der Waals surface area contributed by atoms with Gasteiger partial charge in [-0.1, -0.05) is 25.0 Å². The van der Waals surface area contributed by atoms with Crippen molar-refractivity contribution in [3.63, 3.8) is 0 Å². The van der Waals surface area contributed by atoms with E-state index >= 15 is 0 Å². The summed E-state index contributed by atoms with van der Waals surface area (Å²) >= 11 is 0. The molecule has 0 bridgehead atoms. The van der Waals surface area contributed by atoms with Crippen molar-refractivity contribution in [3.05, 3.63) is 35.6 Å². The number of hydrogen-bond donors (Lipinski definition) is 1. The Morgan fingerprint density at radius 2 is 1.59 bits per heavy atom. The first-order valence-corrected chi connectivity index (χ1v) is 9.71. The molecule has 2 fully saturated rings. The number of aliphatic hydroxyl groups is 1. The second kappa shape index (κ2) is 7.23. The summed E-state index contributed by atoms with van der Waals surface area (Å²) in [6, 6.07) is 7.23. The zero-order valence-electron chi connectivity index (χ0n) is 17.0. The lowest BCUT2D eigenvalue weighted by atomic mass is 9.83. The van der Waals surface area contributed by atoms with Gasteiger partial charge in [-0.25, -0.2) is 4.39 Å². The largest absolute Gasteiger partial charge is 0.525 e. The summed E-state index contributed by atoms with van der Waals surface area (Å²) in [5, 5.41) is 10.4. The highest BCUT2D eigenvalue weighted by atomic mass is 19.1. The van der Waals surface area contributed by atoms with E-state index in [1.165, 1.54) is 0 Å². The molecular weight excluding hydrogens is 346 g/mol. The molecule has 1 saturated carbocycles. The average molecular weight is 376 g/mol. The molecule has 3 rings (SSSR count). The normalized spacial score (nSPS) is 24.0. The average Bonchev–Trinajstić information content (AvgIpc) is 3.13. The third-order valence-corrected chi connectivity index (χ3v) is 6.15. The standard InChI is InChI=1S/C21H30BFO4/c1-15(18(23)22-26-19(2,3)20(4,5)27-22)16-8-10-17(11-9-16)25-14-21(24)12-6-7-13-21/h8-11,24H,6-7,12-14H2,1-5H3. The van der Waals surface area contributed by atoms with Crippen LogP contribution in [0.4, 0.5) is 4.39 Å². The van der Waals surface area contributed by atoms with Crippen LogP contribution in [0, 0.1) is 0 Å². The van der Waals surface area contributed by atoms with Gasteiger partial charge >= 0.3 is 7.12 Å². The number of benzene rings is 1. The molecule has 148 valence electrons. The van der Waals surface area contributed by atoms with E-state index in [2.05, 4.69) is 0 Å². The Hall–Kier alpha value is -1.37. The van der Waals surface area contributed by atoms with Crippen LogP contribution >= 0.6 is 0 Å². The van der Waals surface area contributed by atoms with E-state index in [1.807, 2.05) is 39.8 Å². The maximum Gasteiger partial charge on any atom is 0.525 e. The van der Waals surface area contributed by atoms with Crippen molar-refractivity contribution >= 4 is 12.7 Å². The minimum atomic E-state index is -0.998. The van der Waals surface area contributed by atoms with Crippen LogP contribution in [0.3, 0.4) is 0 Å². The summed E-state index contributed by atoms with van der Waals surface area (Å²) < 4.78 is 32.3. The van der Waals surface area contributed by atoms with Gasteiger partial charge in [0.2, 0.25) is 0 Å². The van der Waals surface area contributed by atoms with Crippen LogP contribution in [0.25, 0.3) is 5.57 Å². The number of halogens is 1. The summed E-state index contributed by atoms with van der Waals surface area (Å²) in [5.74, 6) is 0.669. The Bertz CT molecular complexity index is 689. The SMILES string of the molecule is CC(=C(F)B1OC(C)(C)C(C)(C)O1)c1ccc(OCC2(O)CCCC2)cc1. The smallest absolute Gasteiger partial charge is 0.491 e. The van der Waals surface area contributed by atoms with Gasteiger partial charge in [0.1, 0.15) is 18.1 Å². The number of hydrogen-bond acceptors (Lipinski definition) is 4. The molecule has 1 saturated heterocycles. The lowest BCUT2D eigenvalue weighted by Gasteiger charge is -2.32. The van der Waals surface area contributed by atoms with E-state index in [4.69, 9.17) is 14.0 Å². The minimum Gasteiger partial charge on any atom is -0.491 e. The van der Waals surface area contributed by atoms with Crippen LogP contribution in [-0.4, -0.2) is 35.6 Å². The molecule has 0 radical (unpaired) electrons. The molecule has 27 heavy (non-hydrogen) atoms. The predicted molar refractivity (Wildman–Crippen MR) is 105 cm³/mol. The third-order valence-electron chi connectivity index (χ3n) is 6.15. The maximum atomic E-state index is 14.9. The molecule has 1 aromatic carbocycles. The van der Waals surface area contributed by atoms with Crippen molar-refractivity contribution < 1.29 is 23.5 Å². The second-order valence-corrected chi connectivity index (χ2v) is 8.81. The number of rotatable bonds is 5. The van der Waals surface area contributed by atoms with E-state index in [0.717, 1.165) is 31.2 Å². The lowest BCUT2D eigenvalue weighted by Crippen LogP contribution is -2.41. The molecule has 1 aliphatic heterocycles. The van der Waals surface area contributed by atoms with Crippen LogP contribution < -0.4 is 4.74 Å². The first-order valence-electron chi connectivity index (χ1n) is 9.71. The van der Waals surface area contributed by atoms with Crippen molar-refractivity contribution in [1.29, 1.82) is 0 Å². The Morgan fingerprint density at radius 1 is 1.07 bits per heavy atom. The van der Waals surface area contributed by atoms with E-state index in [0.29, 0.717) is 17.9 Å². The van der Waals surface area contributed by atoms with Crippen molar-refractivity contribution in [1.82, 2.24) is 0 Å². The van der Waals surface area contributed by atoms with Crippen LogP contribution in [0.2, 0.25) is 0 Å². The Morgan fingerprint density at radius 3 is 2.11 bits per heavy atom. The Balaban J connectivity index is 1.68. The third kappa shape index (κ3) is 4.23. The molecule has 0 spiro atoms. The van der Waals surface area contributed by atoms with Crippen LogP contribution in [0.15, 0.2) is 30.0 Å². The first-order chi connectivity index (χ1) is 12.5. The van der Waals surface area contributed by atoms with Crippen LogP contribution in [0.5, 0.6) is 5.75 Å². The topological polar surface area (TPSA) is 47.9 Å². The van der Waals surface area contributed by atoms with E-state index in [1.54, 1.807) is 19.1 Å². The molecule has 0 aromatic heterocycles. The minimum absolute atomic E-state index is 0.295. The van der Waals surface area contributed by atoms with Gasteiger partial charge in [0.05, 0.1) is 16.8 Å². The van der Waals surface area contributed by atoms with Gasteiger partial charge in [-0.2, -0.15) is 0 Å². The Labute approximate surface area is 161 Å². The summed E-state index contributed by atoms with van der Waals surface area (Å²) in [7, 11) is -0.998. The van der Waals surface area contributed by atoms with Gasteiger partial charge in [0.25, 0.3) is 0 Å². The van der Waals surface area contributed by atoms with E-state index in [9.17, 15) is 9.50 Å². The maximum absolute atomic E-state index is 14.9. The van der Waals surface area contributed by atoms with Gasteiger partial charge in [-0.05, 0) is 70.7 Å². The van der Waals surface area contributed by atoms with Crippen molar-refractivity contribution in [2.45, 2.75) is 77.1 Å². The fourth-order valence-electron chi connectivity index (χ4n) is 3.46. The summed E-state index contributed by atoms with van der Waals surface area (Å²) in [4.78, 5) is 0. The molecule has 6 heteroatoms. The highest BCUT2D eigenvalue weighted by Crippen LogP contribution is 2.40. The molecule has 1 aromatic rings. The van der Waals surface area contributed by atoms with Gasteiger partial charge in [0, 0.05) is 0 Å². The van der Waals surface area contributed by atoms with Crippen molar-refractivity contribution in [2.24, 2.45) is 0 Å². The lowest BCUT2D eigenvalue weighted by molar-refractivity contribution is 0.00141. The van der Waals surface area contributed by atoms with Gasteiger partial charge in [-0.15, -0.1) is 0 Å². The highest BCUT2D eigenvalue weighted by Gasteiger charge is 2.53. The molecule has 0 unspecified atom stereocenters. The number of ether oxygens (including phenoxy) is 1. The van der Waals surface area contributed by atoms with Gasteiger partial charge in [0.15, 0.2) is 0 Å². The van der Waals surface area contributed by atoms with Crippen LogP contribution in [0.1, 0.15) is 65.9 Å². The zero-order valence-corrected chi connectivity index (χ0v) is 17.0. The summed E-state index contributed by atoms with van der Waals surface area (Å²) in [6.07, 6.45) is 3.65. The molecule has 1 heterocycles. The molecule has 2 aliphatic rings.